The molecule has 1 aromatic carbocycles. The normalized spacial score (nSPS) is 27.6. The number of H-pyrrole nitrogens is 1. The Bertz CT molecular complexity index is 1780. The molecule has 15 nitrogen and oxygen atoms in total. The number of benzene rings is 1. The summed E-state index contributed by atoms with van der Waals surface area (Å²) in [4.78, 5) is 76.9. The second kappa shape index (κ2) is 13.7. The second-order valence-electron chi connectivity index (χ2n) is 14.7. The van der Waals surface area contributed by atoms with E-state index in [1.54, 1.807) is 39.0 Å². The van der Waals surface area contributed by atoms with E-state index in [0.29, 0.717) is 36.7 Å². The molecule has 4 aliphatic rings. The molecule has 1 saturated heterocycles. The number of hydrogen-bond donors (Lipinski definition) is 5. The SMILES string of the molecule is CC(C)(C)OC(=O)N[C@@H]1CCCCCC=C[C@@H]2C[C@@]2(C(=O)NS(=O)(=O)C2CC2)NC(=O)[C@@H]2C[C@@H](NC(=O)c3nc4ccccc4[nH]3)CN2C1=O. The molecule has 3 heterocycles. The van der Waals surface area contributed by atoms with Crippen LogP contribution in [-0.2, 0) is 29.1 Å². The summed E-state index contributed by atoms with van der Waals surface area (Å²) in [5.41, 5.74) is -1.07. The van der Waals surface area contributed by atoms with Crippen LogP contribution in [0, 0.1) is 5.92 Å². The summed E-state index contributed by atoms with van der Waals surface area (Å²) in [6.45, 7) is 5.07. The molecule has 0 unspecified atom stereocenters. The lowest BCUT2D eigenvalue weighted by molar-refractivity contribution is -0.141. The van der Waals surface area contributed by atoms with Gasteiger partial charge in [-0.2, -0.15) is 0 Å². The third kappa shape index (κ3) is 7.95. The van der Waals surface area contributed by atoms with E-state index in [4.69, 9.17) is 4.74 Å². The van der Waals surface area contributed by atoms with Crippen molar-refractivity contribution in [1.29, 1.82) is 0 Å². The van der Waals surface area contributed by atoms with Gasteiger partial charge in [-0.05, 0) is 77.8 Å². The fraction of sp³-hybridized carbons (Fsp3) is 0.588. The Balaban J connectivity index is 1.27. The largest absolute Gasteiger partial charge is 0.444 e. The van der Waals surface area contributed by atoms with E-state index >= 15 is 0 Å². The van der Waals surface area contributed by atoms with Crippen LogP contribution >= 0.6 is 0 Å². The summed E-state index contributed by atoms with van der Waals surface area (Å²) < 4.78 is 33.1. The van der Waals surface area contributed by atoms with Gasteiger partial charge in [0.25, 0.3) is 11.8 Å². The van der Waals surface area contributed by atoms with Crippen LogP contribution in [0.25, 0.3) is 11.0 Å². The van der Waals surface area contributed by atoms with E-state index in [-0.39, 0.29) is 31.6 Å². The van der Waals surface area contributed by atoms with Gasteiger partial charge < -0.3 is 30.6 Å². The number of sulfonamides is 1. The lowest BCUT2D eigenvalue weighted by atomic mass is 10.0. The number of aromatic nitrogens is 2. The van der Waals surface area contributed by atoms with E-state index in [2.05, 4.69) is 30.6 Å². The monoisotopic (exact) mass is 711 g/mol. The highest BCUT2D eigenvalue weighted by Crippen LogP contribution is 2.46. The molecule has 6 rings (SSSR count). The topological polar surface area (TPSA) is 209 Å². The fourth-order valence-corrected chi connectivity index (χ4v) is 8.03. The molecular formula is C34H45N7O8S. The first-order valence-corrected chi connectivity index (χ1v) is 18.8. The van der Waals surface area contributed by atoms with Crippen LogP contribution in [-0.4, -0.2) is 94.1 Å². The molecule has 2 aromatic rings. The Hall–Kier alpha value is -4.47. The average molecular weight is 712 g/mol. The standard InChI is InChI=1S/C34H45N7O8S/c1-33(2,3)49-32(46)38-25-14-8-6-4-5-7-11-20-18-34(20,31(45)40-50(47,48)22-15-16-22)39-28(42)26-17-21(19-41(26)30(25)44)35-29(43)27-36-23-12-9-10-13-24(23)37-27/h7,9-13,20-22,25-26H,4-6,8,14-19H2,1-3H3,(H,35,43)(H,36,37)(H,38,46)(H,39,42)(H,40,45)/t20-,21-,25-,26+,34-/m1/s1. The summed E-state index contributed by atoms with van der Waals surface area (Å²) >= 11 is 0. The molecule has 16 heteroatoms. The van der Waals surface area contributed by atoms with E-state index in [1.165, 1.54) is 4.90 Å². The number of para-hydroxylation sites is 2. The summed E-state index contributed by atoms with van der Waals surface area (Å²) in [6, 6.07) is 4.30. The first kappa shape index (κ1) is 35.4. The molecule has 5 atom stereocenters. The maximum atomic E-state index is 14.3. The minimum Gasteiger partial charge on any atom is -0.444 e. The third-order valence-electron chi connectivity index (χ3n) is 9.51. The van der Waals surface area contributed by atoms with Crippen LogP contribution in [0.3, 0.4) is 0 Å². The van der Waals surface area contributed by atoms with E-state index < -0.39 is 80.2 Å². The molecule has 1 aromatic heterocycles. The lowest BCUT2D eigenvalue weighted by Crippen LogP contribution is -2.58. The Labute approximate surface area is 290 Å². The molecule has 0 radical (unpaired) electrons. The number of hydrogen-bond acceptors (Lipinski definition) is 9. The van der Waals surface area contributed by atoms with Crippen molar-refractivity contribution in [2.45, 2.75) is 113 Å². The first-order valence-electron chi connectivity index (χ1n) is 17.3. The molecule has 5 amide bonds. The van der Waals surface area contributed by atoms with Gasteiger partial charge in [-0.3, -0.25) is 23.9 Å². The number of carbonyl (C=O) groups excluding carboxylic acids is 5. The number of nitrogens with zero attached hydrogens (tertiary/aromatic N) is 2. The van der Waals surface area contributed by atoms with Crippen LogP contribution in [0.4, 0.5) is 4.79 Å². The minimum atomic E-state index is -3.90. The van der Waals surface area contributed by atoms with Crippen LogP contribution in [0.5, 0.6) is 0 Å². The number of fused-ring (bicyclic) bond motifs is 3. The molecule has 0 bridgehead atoms. The van der Waals surface area contributed by atoms with Gasteiger partial charge in [-0.25, -0.2) is 18.2 Å². The Morgan fingerprint density at radius 2 is 1.80 bits per heavy atom. The molecule has 270 valence electrons. The highest BCUT2D eigenvalue weighted by Gasteiger charge is 2.62. The summed E-state index contributed by atoms with van der Waals surface area (Å²) in [5, 5.41) is 7.76. The number of allylic oxidation sites excluding steroid dienone is 1. The van der Waals surface area contributed by atoms with Crippen LogP contribution in [0.2, 0.25) is 0 Å². The minimum absolute atomic E-state index is 0.00127. The molecule has 5 N–H and O–H groups in total. The van der Waals surface area contributed by atoms with Gasteiger partial charge in [-0.15, -0.1) is 0 Å². The van der Waals surface area contributed by atoms with E-state index in [0.717, 1.165) is 12.8 Å². The van der Waals surface area contributed by atoms with Gasteiger partial charge in [0.1, 0.15) is 23.2 Å². The molecule has 3 fully saturated rings. The predicted octanol–water partition coefficient (Wildman–Crippen LogP) is 2.16. The number of amides is 5. The summed E-state index contributed by atoms with van der Waals surface area (Å²) in [5.74, 6) is -2.92. The Morgan fingerprint density at radius 3 is 2.52 bits per heavy atom. The van der Waals surface area contributed by atoms with Crippen molar-refractivity contribution in [2.75, 3.05) is 6.54 Å². The highest BCUT2D eigenvalue weighted by molar-refractivity contribution is 7.91. The molecule has 2 aliphatic heterocycles. The second-order valence-corrected chi connectivity index (χ2v) is 16.7. The summed E-state index contributed by atoms with van der Waals surface area (Å²) in [6.07, 6.45) is 7.20. The number of carbonyl (C=O) groups is 5. The number of imidazole rings is 1. The Morgan fingerprint density at radius 1 is 1.04 bits per heavy atom. The number of ether oxygens (including phenoxy) is 1. The van der Waals surface area contributed by atoms with E-state index in [1.807, 2.05) is 18.2 Å². The maximum absolute atomic E-state index is 14.3. The van der Waals surface area contributed by atoms with Crippen molar-refractivity contribution < 1.29 is 37.1 Å². The molecular weight excluding hydrogens is 666 g/mol. The molecule has 2 saturated carbocycles. The maximum Gasteiger partial charge on any atom is 0.408 e. The zero-order chi connectivity index (χ0) is 35.8. The van der Waals surface area contributed by atoms with Crippen molar-refractivity contribution in [3.05, 3.63) is 42.2 Å². The summed E-state index contributed by atoms with van der Waals surface area (Å²) in [7, 11) is -3.90. The number of nitrogens with one attached hydrogen (secondary N) is 5. The van der Waals surface area contributed by atoms with Crippen LogP contribution in [0.1, 0.15) is 89.2 Å². The molecule has 50 heavy (non-hydrogen) atoms. The lowest BCUT2D eigenvalue weighted by Gasteiger charge is -2.30. The van der Waals surface area contributed by atoms with Crippen molar-refractivity contribution in [1.82, 2.24) is 35.5 Å². The quantitative estimate of drug-likeness (QED) is 0.278. The Kier molecular flexibility index (Phi) is 9.68. The highest BCUT2D eigenvalue weighted by atomic mass is 32.2. The van der Waals surface area contributed by atoms with Crippen molar-refractivity contribution in [3.63, 3.8) is 0 Å². The predicted molar refractivity (Wildman–Crippen MR) is 182 cm³/mol. The zero-order valence-electron chi connectivity index (χ0n) is 28.5. The molecule has 2 aliphatic carbocycles. The first-order chi connectivity index (χ1) is 23.6. The number of alkyl carbamates (subject to hydrolysis) is 1. The fourth-order valence-electron chi connectivity index (χ4n) is 6.67. The van der Waals surface area contributed by atoms with Crippen molar-refractivity contribution >= 4 is 50.8 Å². The van der Waals surface area contributed by atoms with Gasteiger partial charge in [0.15, 0.2) is 5.82 Å². The average Bonchev–Trinajstić information content (AvgIpc) is 3.92. The van der Waals surface area contributed by atoms with Crippen molar-refractivity contribution in [3.8, 4) is 0 Å². The van der Waals surface area contributed by atoms with E-state index in [9.17, 15) is 32.4 Å². The van der Waals surface area contributed by atoms with Gasteiger partial charge in [0, 0.05) is 18.5 Å². The smallest absolute Gasteiger partial charge is 0.408 e. The number of rotatable bonds is 6. The van der Waals surface area contributed by atoms with Gasteiger partial charge >= 0.3 is 6.09 Å². The van der Waals surface area contributed by atoms with Gasteiger partial charge in [-0.1, -0.05) is 37.1 Å². The molecule has 0 spiro atoms. The van der Waals surface area contributed by atoms with Crippen LogP contribution < -0.4 is 20.7 Å². The van der Waals surface area contributed by atoms with Crippen molar-refractivity contribution in [2.24, 2.45) is 5.92 Å². The van der Waals surface area contributed by atoms with Gasteiger partial charge in [0.05, 0.1) is 16.3 Å². The van der Waals surface area contributed by atoms with Crippen LogP contribution in [0.15, 0.2) is 36.4 Å². The van der Waals surface area contributed by atoms with Gasteiger partial charge in [0.2, 0.25) is 21.8 Å². The number of aromatic amines is 1. The third-order valence-corrected chi connectivity index (χ3v) is 11.3. The zero-order valence-corrected chi connectivity index (χ0v) is 29.3.